The van der Waals surface area contributed by atoms with Gasteiger partial charge in [0.05, 0.1) is 0 Å². The Kier molecular flexibility index (Phi) is 3.04. The number of hydrogen-bond donors (Lipinski definition) is 2. The molecule has 1 aliphatic rings. The van der Waals surface area contributed by atoms with Crippen molar-refractivity contribution in [3.8, 4) is 0 Å². The first kappa shape index (κ1) is 8.99. The molecule has 1 heterocycles. The molecule has 1 aliphatic heterocycles. The SMILES string of the molecule is O=C(CN1CCCCC1=O)NO. The van der Waals surface area contributed by atoms with Gasteiger partial charge in [-0.1, -0.05) is 0 Å². The Labute approximate surface area is 70.3 Å². The maximum atomic E-state index is 11.1. The van der Waals surface area contributed by atoms with Crippen LogP contribution in [0.3, 0.4) is 0 Å². The van der Waals surface area contributed by atoms with E-state index in [1.54, 1.807) is 0 Å². The Hall–Kier alpha value is -1.10. The van der Waals surface area contributed by atoms with Crippen molar-refractivity contribution in [3.63, 3.8) is 0 Å². The molecule has 0 spiro atoms. The van der Waals surface area contributed by atoms with Gasteiger partial charge in [-0.15, -0.1) is 0 Å². The van der Waals surface area contributed by atoms with E-state index in [0.29, 0.717) is 13.0 Å². The van der Waals surface area contributed by atoms with E-state index in [0.717, 1.165) is 12.8 Å². The number of carbonyl (C=O) groups is 2. The molecule has 0 atom stereocenters. The molecule has 5 nitrogen and oxygen atoms in total. The van der Waals surface area contributed by atoms with Crippen LogP contribution in [0, 0.1) is 0 Å². The van der Waals surface area contributed by atoms with Crippen molar-refractivity contribution >= 4 is 11.8 Å². The monoisotopic (exact) mass is 172 g/mol. The molecule has 0 aromatic heterocycles. The third-order valence-corrected chi connectivity index (χ3v) is 1.88. The predicted molar refractivity (Wildman–Crippen MR) is 40.4 cm³/mol. The van der Waals surface area contributed by atoms with E-state index in [2.05, 4.69) is 0 Å². The molecule has 0 aromatic rings. The number of likely N-dealkylation sites (tertiary alicyclic amines) is 1. The standard InChI is InChI=1S/C7H12N2O3/c10-6(8-12)5-9-4-2-1-3-7(9)11/h12H,1-5H2,(H,8,10). The van der Waals surface area contributed by atoms with Crippen molar-refractivity contribution in [2.45, 2.75) is 19.3 Å². The number of nitrogens with one attached hydrogen (secondary N) is 1. The van der Waals surface area contributed by atoms with Gasteiger partial charge in [-0.05, 0) is 12.8 Å². The highest BCUT2D eigenvalue weighted by Crippen LogP contribution is 2.09. The average Bonchev–Trinajstić information content (AvgIpc) is 2.09. The number of rotatable bonds is 2. The van der Waals surface area contributed by atoms with Crippen LogP contribution >= 0.6 is 0 Å². The molecule has 1 fully saturated rings. The minimum absolute atomic E-state index is 0.00940. The Morgan fingerprint density at radius 3 is 2.92 bits per heavy atom. The third-order valence-electron chi connectivity index (χ3n) is 1.88. The third kappa shape index (κ3) is 2.20. The first-order chi connectivity index (χ1) is 5.74. The number of nitrogens with zero attached hydrogens (tertiary/aromatic N) is 1. The minimum Gasteiger partial charge on any atom is -0.333 e. The summed E-state index contributed by atoms with van der Waals surface area (Å²) in [6, 6.07) is 0. The molecule has 0 aromatic carbocycles. The van der Waals surface area contributed by atoms with Gasteiger partial charge in [0.15, 0.2) is 0 Å². The molecule has 2 amide bonds. The maximum absolute atomic E-state index is 11.1. The van der Waals surface area contributed by atoms with E-state index >= 15 is 0 Å². The van der Waals surface area contributed by atoms with Crippen molar-refractivity contribution < 1.29 is 14.8 Å². The van der Waals surface area contributed by atoms with Crippen LogP contribution in [0.5, 0.6) is 0 Å². The Morgan fingerprint density at radius 2 is 2.33 bits per heavy atom. The molecule has 1 rings (SSSR count). The summed E-state index contributed by atoms with van der Waals surface area (Å²) in [4.78, 5) is 23.2. The Balaban J connectivity index is 2.39. The van der Waals surface area contributed by atoms with Crippen LogP contribution in [0.1, 0.15) is 19.3 Å². The minimum atomic E-state index is -0.537. The smallest absolute Gasteiger partial charge is 0.262 e. The van der Waals surface area contributed by atoms with Crippen molar-refractivity contribution in [1.29, 1.82) is 0 Å². The van der Waals surface area contributed by atoms with Crippen LogP contribution in [0.4, 0.5) is 0 Å². The maximum Gasteiger partial charge on any atom is 0.262 e. The highest BCUT2D eigenvalue weighted by Gasteiger charge is 2.19. The highest BCUT2D eigenvalue weighted by atomic mass is 16.5. The predicted octanol–water partition coefficient (Wildman–Crippen LogP) is -0.496. The van der Waals surface area contributed by atoms with Gasteiger partial charge in [0.2, 0.25) is 5.91 Å². The molecule has 0 aliphatic carbocycles. The molecule has 0 saturated carbocycles. The molecular weight excluding hydrogens is 160 g/mol. The lowest BCUT2D eigenvalue weighted by molar-refractivity contribution is -0.140. The summed E-state index contributed by atoms with van der Waals surface area (Å²) >= 11 is 0. The largest absolute Gasteiger partial charge is 0.333 e. The van der Waals surface area contributed by atoms with Gasteiger partial charge >= 0.3 is 0 Å². The number of piperidine rings is 1. The average molecular weight is 172 g/mol. The second-order valence-electron chi connectivity index (χ2n) is 2.81. The van der Waals surface area contributed by atoms with E-state index in [1.807, 2.05) is 0 Å². The van der Waals surface area contributed by atoms with Crippen LogP contribution in [0.2, 0.25) is 0 Å². The molecule has 1 saturated heterocycles. The summed E-state index contributed by atoms with van der Waals surface area (Å²) in [6.45, 7) is 0.585. The highest BCUT2D eigenvalue weighted by molar-refractivity contribution is 5.84. The lowest BCUT2D eigenvalue weighted by Gasteiger charge is -2.25. The van der Waals surface area contributed by atoms with Gasteiger partial charge in [-0.25, -0.2) is 5.48 Å². The zero-order chi connectivity index (χ0) is 8.97. The van der Waals surface area contributed by atoms with E-state index < -0.39 is 5.91 Å². The topological polar surface area (TPSA) is 69.6 Å². The quantitative estimate of drug-likeness (QED) is 0.436. The molecule has 12 heavy (non-hydrogen) atoms. The molecule has 5 heteroatoms. The second-order valence-corrected chi connectivity index (χ2v) is 2.81. The molecule has 0 bridgehead atoms. The number of hydroxylamine groups is 1. The van der Waals surface area contributed by atoms with Gasteiger partial charge in [0, 0.05) is 13.0 Å². The first-order valence-corrected chi connectivity index (χ1v) is 3.95. The van der Waals surface area contributed by atoms with E-state index in [9.17, 15) is 9.59 Å². The van der Waals surface area contributed by atoms with Crippen molar-refractivity contribution in [2.24, 2.45) is 0 Å². The second kappa shape index (κ2) is 4.06. The van der Waals surface area contributed by atoms with Crippen molar-refractivity contribution in [3.05, 3.63) is 0 Å². The molecular formula is C7H12N2O3. The van der Waals surface area contributed by atoms with Crippen molar-refractivity contribution in [1.82, 2.24) is 10.4 Å². The van der Waals surface area contributed by atoms with E-state index in [1.165, 1.54) is 10.4 Å². The van der Waals surface area contributed by atoms with E-state index in [-0.39, 0.29) is 12.5 Å². The number of carbonyl (C=O) groups excluding carboxylic acids is 2. The van der Waals surface area contributed by atoms with Crippen LogP contribution in [-0.2, 0) is 9.59 Å². The molecule has 68 valence electrons. The Morgan fingerprint density at radius 1 is 1.58 bits per heavy atom. The van der Waals surface area contributed by atoms with Gasteiger partial charge in [-0.3, -0.25) is 14.8 Å². The Bertz CT molecular complexity index is 193. The zero-order valence-corrected chi connectivity index (χ0v) is 6.75. The van der Waals surface area contributed by atoms with E-state index in [4.69, 9.17) is 5.21 Å². The first-order valence-electron chi connectivity index (χ1n) is 3.95. The zero-order valence-electron chi connectivity index (χ0n) is 6.75. The summed E-state index contributed by atoms with van der Waals surface area (Å²) in [6.07, 6.45) is 2.35. The summed E-state index contributed by atoms with van der Waals surface area (Å²) in [7, 11) is 0. The lowest BCUT2D eigenvalue weighted by atomic mass is 10.1. The van der Waals surface area contributed by atoms with Crippen LogP contribution in [-0.4, -0.2) is 35.0 Å². The molecule has 0 radical (unpaired) electrons. The van der Waals surface area contributed by atoms with Gasteiger partial charge in [-0.2, -0.15) is 0 Å². The summed E-state index contributed by atoms with van der Waals surface area (Å²) in [5.41, 5.74) is 1.50. The number of amides is 2. The number of hydrogen-bond acceptors (Lipinski definition) is 3. The van der Waals surface area contributed by atoms with Gasteiger partial charge in [0.1, 0.15) is 6.54 Å². The molecule has 0 unspecified atom stereocenters. The van der Waals surface area contributed by atoms with Crippen molar-refractivity contribution in [2.75, 3.05) is 13.1 Å². The van der Waals surface area contributed by atoms with Crippen LogP contribution in [0.15, 0.2) is 0 Å². The molecule has 2 N–H and O–H groups in total. The van der Waals surface area contributed by atoms with Crippen LogP contribution in [0.25, 0.3) is 0 Å². The van der Waals surface area contributed by atoms with Gasteiger partial charge < -0.3 is 4.90 Å². The fourth-order valence-corrected chi connectivity index (χ4v) is 1.24. The summed E-state index contributed by atoms with van der Waals surface area (Å²) in [5, 5.41) is 8.21. The van der Waals surface area contributed by atoms with Gasteiger partial charge in [0.25, 0.3) is 5.91 Å². The van der Waals surface area contributed by atoms with Crippen LogP contribution < -0.4 is 5.48 Å². The fraction of sp³-hybridized carbons (Fsp3) is 0.714. The normalized spacial score (nSPS) is 17.8. The lowest BCUT2D eigenvalue weighted by Crippen LogP contribution is -2.42. The summed E-state index contributed by atoms with van der Waals surface area (Å²) < 4.78 is 0. The fourth-order valence-electron chi connectivity index (χ4n) is 1.24. The summed E-state index contributed by atoms with van der Waals surface area (Å²) in [5.74, 6) is -0.546.